The van der Waals surface area contributed by atoms with E-state index in [2.05, 4.69) is 10.6 Å². The van der Waals surface area contributed by atoms with Gasteiger partial charge in [-0.3, -0.25) is 10.1 Å². The first-order valence-electron chi connectivity index (χ1n) is 8.49. The van der Waals surface area contributed by atoms with Crippen molar-refractivity contribution in [3.8, 4) is 5.75 Å². The molecule has 3 amide bonds. The summed E-state index contributed by atoms with van der Waals surface area (Å²) < 4.78 is 10.7. The molecule has 0 saturated carbocycles. The maximum atomic E-state index is 12.3. The molecule has 2 N–H and O–H groups in total. The van der Waals surface area contributed by atoms with Crippen LogP contribution in [-0.2, 0) is 16.1 Å². The second kappa shape index (κ2) is 9.96. The van der Waals surface area contributed by atoms with Crippen LogP contribution in [0.3, 0.4) is 0 Å². The lowest BCUT2D eigenvalue weighted by atomic mass is 10.1. The van der Waals surface area contributed by atoms with E-state index in [-0.39, 0.29) is 12.6 Å². The van der Waals surface area contributed by atoms with E-state index < -0.39 is 24.5 Å². The van der Waals surface area contributed by atoms with Crippen LogP contribution in [0.4, 0.5) is 4.79 Å². The Hall–Kier alpha value is -3.35. The molecule has 0 aliphatic heterocycles. The second-order valence-corrected chi connectivity index (χ2v) is 6.01. The molecule has 0 bridgehead atoms. The van der Waals surface area contributed by atoms with Gasteiger partial charge in [0.1, 0.15) is 12.4 Å². The van der Waals surface area contributed by atoms with Crippen LogP contribution in [0.1, 0.15) is 29.8 Å². The summed E-state index contributed by atoms with van der Waals surface area (Å²) in [6.07, 6.45) is 0. The monoisotopic (exact) mass is 370 g/mol. The predicted molar refractivity (Wildman–Crippen MR) is 99.3 cm³/mol. The summed E-state index contributed by atoms with van der Waals surface area (Å²) in [4.78, 5) is 35.4. The lowest BCUT2D eigenvalue weighted by Crippen LogP contribution is -2.44. The van der Waals surface area contributed by atoms with Crippen molar-refractivity contribution in [1.29, 1.82) is 0 Å². The van der Waals surface area contributed by atoms with Gasteiger partial charge in [0.25, 0.3) is 5.91 Å². The lowest BCUT2D eigenvalue weighted by Gasteiger charge is -2.12. The summed E-state index contributed by atoms with van der Waals surface area (Å²) in [6, 6.07) is 15.3. The summed E-state index contributed by atoms with van der Waals surface area (Å²) in [5.41, 5.74) is 0.928. The third-order valence-electron chi connectivity index (χ3n) is 3.38. The maximum absolute atomic E-state index is 12.3. The van der Waals surface area contributed by atoms with Gasteiger partial charge in [-0.05, 0) is 32.0 Å². The van der Waals surface area contributed by atoms with Crippen molar-refractivity contribution in [2.75, 3.05) is 6.61 Å². The molecule has 7 heteroatoms. The minimum Gasteiger partial charge on any atom is -0.489 e. The van der Waals surface area contributed by atoms with Gasteiger partial charge in [0, 0.05) is 11.6 Å². The van der Waals surface area contributed by atoms with Crippen LogP contribution < -0.4 is 15.4 Å². The molecule has 2 rings (SSSR count). The Morgan fingerprint density at radius 3 is 2.33 bits per heavy atom. The van der Waals surface area contributed by atoms with E-state index in [1.165, 1.54) is 0 Å². The van der Waals surface area contributed by atoms with Gasteiger partial charge in [0.2, 0.25) is 0 Å². The number of hydrogen-bond donors (Lipinski definition) is 2. The van der Waals surface area contributed by atoms with E-state index in [4.69, 9.17) is 9.47 Å². The Bertz CT molecular complexity index is 790. The molecular weight excluding hydrogens is 348 g/mol. The molecule has 2 aromatic rings. The Kier molecular flexibility index (Phi) is 7.37. The number of carbonyl (C=O) groups is 3. The molecule has 0 unspecified atom stereocenters. The molecule has 0 aromatic heterocycles. The molecule has 27 heavy (non-hydrogen) atoms. The molecule has 0 aliphatic carbocycles. The van der Waals surface area contributed by atoms with E-state index in [9.17, 15) is 14.4 Å². The molecule has 0 atom stereocenters. The Labute approximate surface area is 157 Å². The highest BCUT2D eigenvalue weighted by molar-refractivity contribution is 5.97. The minimum absolute atomic E-state index is 0.114. The summed E-state index contributed by atoms with van der Waals surface area (Å²) in [7, 11) is 0. The van der Waals surface area contributed by atoms with Crippen molar-refractivity contribution < 1.29 is 23.9 Å². The van der Waals surface area contributed by atoms with E-state index in [1.54, 1.807) is 38.1 Å². The van der Waals surface area contributed by atoms with E-state index in [0.717, 1.165) is 0 Å². The number of esters is 1. The van der Waals surface area contributed by atoms with Crippen LogP contribution in [0, 0.1) is 0 Å². The van der Waals surface area contributed by atoms with Crippen molar-refractivity contribution in [3.05, 3.63) is 65.7 Å². The summed E-state index contributed by atoms with van der Waals surface area (Å²) in [5, 5.41) is 4.59. The van der Waals surface area contributed by atoms with Crippen molar-refractivity contribution in [2.24, 2.45) is 0 Å². The van der Waals surface area contributed by atoms with Crippen molar-refractivity contribution in [2.45, 2.75) is 26.5 Å². The fourth-order valence-corrected chi connectivity index (χ4v) is 2.19. The number of para-hydroxylation sites is 1. The smallest absolute Gasteiger partial charge is 0.339 e. The van der Waals surface area contributed by atoms with Crippen LogP contribution in [0.25, 0.3) is 0 Å². The third kappa shape index (κ3) is 6.81. The molecule has 0 radical (unpaired) electrons. The van der Waals surface area contributed by atoms with Crippen LogP contribution >= 0.6 is 0 Å². The van der Waals surface area contributed by atoms with E-state index in [0.29, 0.717) is 16.9 Å². The zero-order valence-corrected chi connectivity index (χ0v) is 15.2. The number of carbonyl (C=O) groups excluding carboxylic acids is 3. The van der Waals surface area contributed by atoms with Crippen LogP contribution in [0.2, 0.25) is 0 Å². The van der Waals surface area contributed by atoms with E-state index >= 15 is 0 Å². The van der Waals surface area contributed by atoms with Crippen LogP contribution in [-0.4, -0.2) is 30.6 Å². The zero-order valence-electron chi connectivity index (χ0n) is 15.2. The molecule has 2 aromatic carbocycles. The topological polar surface area (TPSA) is 93.7 Å². The van der Waals surface area contributed by atoms with Gasteiger partial charge in [0.15, 0.2) is 6.61 Å². The van der Waals surface area contributed by atoms with Crippen LogP contribution in [0.15, 0.2) is 54.6 Å². The number of amides is 3. The number of urea groups is 1. The summed E-state index contributed by atoms with van der Waals surface area (Å²) in [5.74, 6) is -0.697. The van der Waals surface area contributed by atoms with Gasteiger partial charge in [-0.2, -0.15) is 0 Å². The number of benzene rings is 2. The van der Waals surface area contributed by atoms with Crippen LogP contribution in [0.5, 0.6) is 5.75 Å². The Morgan fingerprint density at radius 1 is 0.963 bits per heavy atom. The van der Waals surface area contributed by atoms with Crippen molar-refractivity contribution in [3.63, 3.8) is 0 Å². The average molecular weight is 370 g/mol. The molecule has 0 spiro atoms. The summed E-state index contributed by atoms with van der Waals surface area (Å²) in [6.45, 7) is 3.15. The predicted octanol–water partition coefficient (Wildman–Crippen LogP) is 2.66. The summed E-state index contributed by atoms with van der Waals surface area (Å²) >= 11 is 0. The van der Waals surface area contributed by atoms with Crippen molar-refractivity contribution in [1.82, 2.24) is 10.6 Å². The van der Waals surface area contributed by atoms with Gasteiger partial charge < -0.3 is 14.8 Å². The quantitative estimate of drug-likeness (QED) is 0.731. The molecule has 142 valence electrons. The zero-order chi connectivity index (χ0) is 19.6. The number of rotatable bonds is 7. The normalized spacial score (nSPS) is 10.2. The molecular formula is C20H22N2O5. The average Bonchev–Trinajstić information content (AvgIpc) is 2.65. The van der Waals surface area contributed by atoms with Gasteiger partial charge in [-0.25, -0.2) is 9.59 Å². The highest BCUT2D eigenvalue weighted by Gasteiger charge is 2.16. The number of ether oxygens (including phenoxy) is 2. The highest BCUT2D eigenvalue weighted by Crippen LogP contribution is 2.15. The fourth-order valence-electron chi connectivity index (χ4n) is 2.19. The number of imide groups is 1. The SMILES string of the molecule is CC(C)NC(=O)NC(=O)COC(=O)c1ccccc1COc1ccccc1. The standard InChI is InChI=1S/C20H22N2O5/c1-14(2)21-20(25)22-18(23)13-27-19(24)17-11-7-6-8-15(17)12-26-16-9-4-3-5-10-16/h3-11,14H,12-13H2,1-2H3,(H2,21,22,23,25). The largest absolute Gasteiger partial charge is 0.489 e. The third-order valence-corrected chi connectivity index (χ3v) is 3.38. The molecule has 7 nitrogen and oxygen atoms in total. The first-order chi connectivity index (χ1) is 13.0. The molecule has 0 fully saturated rings. The van der Waals surface area contributed by atoms with E-state index in [1.807, 2.05) is 30.3 Å². The first-order valence-corrected chi connectivity index (χ1v) is 8.49. The molecule has 0 heterocycles. The number of hydrogen-bond acceptors (Lipinski definition) is 5. The second-order valence-electron chi connectivity index (χ2n) is 6.01. The number of nitrogens with one attached hydrogen (secondary N) is 2. The van der Waals surface area contributed by atoms with Gasteiger partial charge in [0.05, 0.1) is 5.56 Å². The van der Waals surface area contributed by atoms with Gasteiger partial charge >= 0.3 is 12.0 Å². The minimum atomic E-state index is -0.709. The molecule has 0 aliphatic rings. The first kappa shape index (κ1) is 20.0. The van der Waals surface area contributed by atoms with Crippen molar-refractivity contribution >= 4 is 17.9 Å². The Balaban J connectivity index is 1.90. The maximum Gasteiger partial charge on any atom is 0.339 e. The van der Waals surface area contributed by atoms with Gasteiger partial charge in [-0.15, -0.1) is 0 Å². The van der Waals surface area contributed by atoms with Gasteiger partial charge in [-0.1, -0.05) is 36.4 Å². The highest BCUT2D eigenvalue weighted by atomic mass is 16.5. The fraction of sp³-hybridized carbons (Fsp3) is 0.250. The molecule has 0 saturated heterocycles. The Morgan fingerprint density at radius 2 is 1.63 bits per heavy atom. The lowest BCUT2D eigenvalue weighted by molar-refractivity contribution is -0.123.